The van der Waals surface area contributed by atoms with Gasteiger partial charge in [-0.1, -0.05) is 60.7 Å². The van der Waals surface area contributed by atoms with Gasteiger partial charge in [0, 0.05) is 0 Å². The summed E-state index contributed by atoms with van der Waals surface area (Å²) in [5.41, 5.74) is 6.65. The zero-order valence-electron chi connectivity index (χ0n) is 14.1. The molecule has 9 heteroatoms. The van der Waals surface area contributed by atoms with Crippen molar-refractivity contribution in [3.63, 3.8) is 0 Å². The van der Waals surface area contributed by atoms with Crippen LogP contribution in [0.4, 0.5) is 17.5 Å². The molecule has 0 amide bonds. The summed E-state index contributed by atoms with van der Waals surface area (Å²) in [7, 11) is 0. The summed E-state index contributed by atoms with van der Waals surface area (Å²) in [4.78, 5) is 18.5. The number of nitrogens with zero attached hydrogens (tertiary/aromatic N) is 5. The fraction of sp³-hybridized carbons (Fsp3) is 0. The van der Waals surface area contributed by atoms with E-state index < -0.39 is 4.92 Å². The molecule has 0 aliphatic carbocycles. The summed E-state index contributed by atoms with van der Waals surface area (Å²) < 4.78 is 0. The number of nitrogens with one attached hydrogen (secondary N) is 2. The first-order valence-electron chi connectivity index (χ1n) is 7.92. The molecule has 0 atom stereocenters. The molecule has 0 saturated heterocycles. The highest BCUT2D eigenvalue weighted by molar-refractivity contribution is 5.80. The maximum atomic E-state index is 11.1. The zero-order chi connectivity index (χ0) is 18.9. The second-order valence-corrected chi connectivity index (χ2v) is 5.25. The maximum Gasteiger partial charge on any atom is 0.331 e. The molecule has 0 saturated carbocycles. The Kier molecular flexibility index (Phi) is 5.77. The van der Waals surface area contributed by atoms with Gasteiger partial charge in [0.1, 0.15) is 6.20 Å². The third-order valence-corrected chi connectivity index (χ3v) is 3.33. The van der Waals surface area contributed by atoms with E-state index >= 15 is 0 Å². The van der Waals surface area contributed by atoms with Crippen molar-refractivity contribution in [2.45, 2.75) is 0 Å². The predicted octanol–water partition coefficient (Wildman–Crippen LogP) is 3.28. The Bertz CT molecular complexity index is 960. The van der Waals surface area contributed by atoms with Crippen LogP contribution in [0.15, 0.2) is 77.1 Å². The van der Waals surface area contributed by atoms with Gasteiger partial charge in [-0.3, -0.25) is 15.5 Å². The van der Waals surface area contributed by atoms with Gasteiger partial charge in [0.05, 0.1) is 17.4 Å². The minimum atomic E-state index is -0.586. The van der Waals surface area contributed by atoms with Crippen LogP contribution in [-0.2, 0) is 0 Å². The molecule has 0 aliphatic rings. The van der Waals surface area contributed by atoms with E-state index in [0.29, 0.717) is 0 Å². The molecular weight excluding hydrogens is 346 g/mol. The van der Waals surface area contributed by atoms with Crippen LogP contribution in [0.5, 0.6) is 0 Å². The molecule has 2 aromatic carbocycles. The van der Waals surface area contributed by atoms with Crippen LogP contribution < -0.4 is 10.9 Å². The highest BCUT2D eigenvalue weighted by atomic mass is 16.6. The normalized spacial score (nSPS) is 11.0. The van der Waals surface area contributed by atoms with Crippen molar-refractivity contribution in [3.05, 3.63) is 88.1 Å². The van der Waals surface area contributed by atoms with Crippen molar-refractivity contribution in [2.75, 3.05) is 10.9 Å². The van der Waals surface area contributed by atoms with Crippen LogP contribution in [0.2, 0.25) is 0 Å². The smallest absolute Gasteiger partial charge is 0.258 e. The Labute approximate surface area is 154 Å². The number of rotatable bonds is 7. The highest BCUT2D eigenvalue weighted by Crippen LogP contribution is 2.21. The third-order valence-electron chi connectivity index (χ3n) is 3.33. The van der Waals surface area contributed by atoms with Gasteiger partial charge < -0.3 is 0 Å². The van der Waals surface area contributed by atoms with Gasteiger partial charge in [-0.15, -0.1) is 0 Å². The van der Waals surface area contributed by atoms with E-state index in [2.05, 4.69) is 31.0 Å². The van der Waals surface area contributed by atoms with E-state index in [1.165, 1.54) is 6.21 Å². The number of anilines is 2. The third kappa shape index (κ3) is 5.16. The summed E-state index contributed by atoms with van der Waals surface area (Å²) in [5.74, 6) is 0.0600. The Morgan fingerprint density at radius 1 is 0.889 bits per heavy atom. The van der Waals surface area contributed by atoms with E-state index in [1.807, 2.05) is 60.7 Å². The summed E-state index contributed by atoms with van der Waals surface area (Å²) in [6.07, 6.45) is 4.21. The molecular formula is C18H15N7O2. The van der Waals surface area contributed by atoms with Crippen LogP contribution in [0.3, 0.4) is 0 Å². The van der Waals surface area contributed by atoms with Crippen molar-refractivity contribution in [1.82, 2.24) is 9.97 Å². The molecule has 0 unspecified atom stereocenters. The van der Waals surface area contributed by atoms with Crippen LogP contribution in [0.25, 0.3) is 0 Å². The minimum Gasteiger partial charge on any atom is -0.258 e. The highest BCUT2D eigenvalue weighted by Gasteiger charge is 2.16. The summed E-state index contributed by atoms with van der Waals surface area (Å²) >= 11 is 0. The average Bonchev–Trinajstić information content (AvgIpc) is 2.70. The van der Waals surface area contributed by atoms with Crippen molar-refractivity contribution in [3.8, 4) is 0 Å². The van der Waals surface area contributed by atoms with E-state index in [4.69, 9.17) is 0 Å². The number of benzene rings is 2. The van der Waals surface area contributed by atoms with Gasteiger partial charge in [-0.25, -0.2) is 10.4 Å². The number of nitro groups is 1. The molecule has 9 nitrogen and oxygen atoms in total. The van der Waals surface area contributed by atoms with Gasteiger partial charge in [0.25, 0.3) is 0 Å². The zero-order valence-corrected chi connectivity index (χ0v) is 14.1. The van der Waals surface area contributed by atoms with Crippen LogP contribution in [-0.4, -0.2) is 27.3 Å². The molecule has 0 radical (unpaired) electrons. The SMILES string of the molecule is O=[N+]([O-])c1cnc(N/N=C/c2ccccc2)nc1NN=Cc1ccccc1. The maximum absolute atomic E-state index is 11.1. The summed E-state index contributed by atoms with van der Waals surface area (Å²) in [6, 6.07) is 18.7. The Morgan fingerprint density at radius 3 is 2.00 bits per heavy atom. The number of hydrogen-bond donors (Lipinski definition) is 2. The second kappa shape index (κ2) is 8.81. The molecule has 0 spiro atoms. The molecule has 134 valence electrons. The summed E-state index contributed by atoms with van der Waals surface area (Å²) in [5, 5.41) is 19.2. The van der Waals surface area contributed by atoms with Gasteiger partial charge in [-0.2, -0.15) is 15.2 Å². The van der Waals surface area contributed by atoms with Gasteiger partial charge in [0.2, 0.25) is 11.8 Å². The quantitative estimate of drug-likeness (QED) is 0.379. The molecule has 0 aliphatic heterocycles. The lowest BCUT2D eigenvalue weighted by Gasteiger charge is -2.03. The second-order valence-electron chi connectivity index (χ2n) is 5.25. The standard InChI is InChI=1S/C18H15N7O2/c26-25(27)16-13-19-18(24-21-12-15-9-5-2-6-10-15)22-17(16)23-20-11-14-7-3-1-4-8-14/h1-13H,(H2,19,22,23,24)/b20-11?,21-12+. The van der Waals surface area contributed by atoms with Crippen LogP contribution in [0, 0.1) is 10.1 Å². The molecule has 2 N–H and O–H groups in total. The molecule has 1 heterocycles. The lowest BCUT2D eigenvalue weighted by molar-refractivity contribution is -0.384. The fourth-order valence-electron chi connectivity index (χ4n) is 2.06. The lowest BCUT2D eigenvalue weighted by atomic mass is 10.2. The largest absolute Gasteiger partial charge is 0.331 e. The average molecular weight is 361 g/mol. The topological polar surface area (TPSA) is 118 Å². The summed E-state index contributed by atoms with van der Waals surface area (Å²) in [6.45, 7) is 0. The van der Waals surface area contributed by atoms with E-state index in [9.17, 15) is 10.1 Å². The van der Waals surface area contributed by atoms with Crippen molar-refractivity contribution < 1.29 is 4.92 Å². The molecule has 0 fully saturated rings. The molecule has 3 aromatic rings. The van der Waals surface area contributed by atoms with Gasteiger partial charge in [-0.05, 0) is 11.1 Å². The van der Waals surface area contributed by atoms with Crippen molar-refractivity contribution in [2.24, 2.45) is 10.2 Å². The lowest BCUT2D eigenvalue weighted by Crippen LogP contribution is -2.04. The first kappa shape index (κ1) is 17.7. The molecule has 0 bridgehead atoms. The van der Waals surface area contributed by atoms with E-state index in [-0.39, 0.29) is 17.5 Å². The van der Waals surface area contributed by atoms with Crippen molar-refractivity contribution in [1.29, 1.82) is 0 Å². The van der Waals surface area contributed by atoms with Crippen molar-refractivity contribution >= 4 is 29.9 Å². The first-order valence-corrected chi connectivity index (χ1v) is 7.92. The minimum absolute atomic E-state index is 0.0420. The van der Waals surface area contributed by atoms with Gasteiger partial charge in [0.15, 0.2) is 0 Å². The fourth-order valence-corrected chi connectivity index (χ4v) is 2.06. The monoisotopic (exact) mass is 361 g/mol. The van der Waals surface area contributed by atoms with Crippen LogP contribution >= 0.6 is 0 Å². The van der Waals surface area contributed by atoms with Gasteiger partial charge >= 0.3 is 5.69 Å². The Balaban J connectivity index is 1.73. The van der Waals surface area contributed by atoms with Crippen LogP contribution in [0.1, 0.15) is 11.1 Å². The van der Waals surface area contributed by atoms with E-state index in [0.717, 1.165) is 17.3 Å². The molecule has 1 aromatic heterocycles. The Morgan fingerprint density at radius 2 is 1.44 bits per heavy atom. The number of hydrazone groups is 2. The number of aromatic nitrogens is 2. The predicted molar refractivity (Wildman–Crippen MR) is 104 cm³/mol. The first-order chi connectivity index (χ1) is 13.2. The Hall–Kier alpha value is -4.14. The van der Waals surface area contributed by atoms with E-state index in [1.54, 1.807) is 6.21 Å². The molecule has 27 heavy (non-hydrogen) atoms. The molecule has 3 rings (SSSR count). The number of hydrogen-bond acceptors (Lipinski definition) is 8.